The number of carbonyl (C=O) groups is 1. The summed E-state index contributed by atoms with van der Waals surface area (Å²) in [6, 6.07) is 6.12. The van der Waals surface area contributed by atoms with Gasteiger partial charge in [-0.1, -0.05) is 20.4 Å². The highest BCUT2D eigenvalue weighted by molar-refractivity contribution is 5.90. The van der Waals surface area contributed by atoms with Gasteiger partial charge in [0.05, 0.1) is 6.61 Å². The predicted octanol–water partition coefficient (Wildman–Crippen LogP) is 3.31. The molecule has 1 aromatic heterocycles. The second-order valence-corrected chi connectivity index (χ2v) is 5.47. The lowest BCUT2D eigenvalue weighted by atomic mass is 10.2. The molecule has 0 aliphatic heterocycles. The number of fused-ring (bicyclic) bond motifs is 1. The third-order valence-electron chi connectivity index (χ3n) is 2.81. The zero-order chi connectivity index (χ0) is 16.3. The number of carbonyl (C=O) groups excluding carboxylic acids is 1. The molecule has 2 rings (SSSR count). The van der Waals surface area contributed by atoms with Crippen molar-refractivity contribution in [3.8, 4) is 11.5 Å². The molecule has 0 unspecified atom stereocenters. The Morgan fingerprint density at radius 2 is 2.00 bits per heavy atom. The third kappa shape index (κ3) is 3.75. The predicted molar refractivity (Wildman–Crippen MR) is 83.3 cm³/mol. The molecule has 1 aromatic carbocycles. The summed E-state index contributed by atoms with van der Waals surface area (Å²) in [6.07, 6.45) is 0. The summed E-state index contributed by atoms with van der Waals surface area (Å²) in [6.45, 7) is 9.60. The van der Waals surface area contributed by atoms with Crippen molar-refractivity contribution in [2.45, 2.75) is 20.8 Å². The minimum Gasteiger partial charge on any atom is -0.489 e. The van der Waals surface area contributed by atoms with Gasteiger partial charge in [0.15, 0.2) is 11.5 Å². The zero-order valence-electron chi connectivity index (χ0n) is 12.8. The van der Waals surface area contributed by atoms with Gasteiger partial charge in [-0.3, -0.25) is 0 Å². The van der Waals surface area contributed by atoms with Crippen LogP contribution in [-0.2, 0) is 4.79 Å². The molecule has 0 fully saturated rings. The average Bonchev–Trinajstić information content (AvgIpc) is 2.44. The second kappa shape index (κ2) is 6.47. The Hall–Kier alpha value is -2.56. The van der Waals surface area contributed by atoms with Gasteiger partial charge in [-0.15, -0.1) is 0 Å². The molecule has 0 N–H and O–H groups in total. The van der Waals surface area contributed by atoms with Crippen LogP contribution in [0.3, 0.4) is 0 Å². The van der Waals surface area contributed by atoms with E-state index in [0.29, 0.717) is 29.2 Å². The molecule has 22 heavy (non-hydrogen) atoms. The van der Waals surface area contributed by atoms with Crippen LogP contribution >= 0.6 is 0 Å². The van der Waals surface area contributed by atoms with Crippen LogP contribution in [0, 0.1) is 5.92 Å². The lowest BCUT2D eigenvalue weighted by molar-refractivity contribution is -0.130. The van der Waals surface area contributed by atoms with Crippen molar-refractivity contribution in [2.24, 2.45) is 5.92 Å². The molecule has 116 valence electrons. The van der Waals surface area contributed by atoms with E-state index in [-0.39, 0.29) is 11.3 Å². The molecule has 0 radical (unpaired) electrons. The molecule has 0 amide bonds. The fourth-order valence-corrected chi connectivity index (χ4v) is 1.71. The third-order valence-corrected chi connectivity index (χ3v) is 2.81. The van der Waals surface area contributed by atoms with Crippen LogP contribution in [0.4, 0.5) is 0 Å². The number of hydrogen-bond donors (Lipinski definition) is 0. The Kier molecular flexibility index (Phi) is 4.65. The molecule has 2 aromatic rings. The summed E-state index contributed by atoms with van der Waals surface area (Å²) in [7, 11) is 0. The van der Waals surface area contributed by atoms with Gasteiger partial charge < -0.3 is 13.9 Å². The normalized spacial score (nSPS) is 10.7. The van der Waals surface area contributed by atoms with Crippen molar-refractivity contribution in [1.82, 2.24) is 0 Å². The lowest BCUT2D eigenvalue weighted by Crippen LogP contribution is -2.11. The molecule has 5 nitrogen and oxygen atoms in total. The van der Waals surface area contributed by atoms with E-state index in [1.165, 1.54) is 12.1 Å². The van der Waals surface area contributed by atoms with Crippen LogP contribution in [0.1, 0.15) is 20.8 Å². The standard InChI is InChI=1S/C17H18O5/c1-10(2)9-20-14-7-12-5-6-16(18)21-13(12)8-15(14)22-17(19)11(3)4/h5-8,10H,3,9H2,1-2,4H3. The van der Waals surface area contributed by atoms with Crippen LogP contribution in [0.15, 0.2) is 45.6 Å². The minimum absolute atomic E-state index is 0.204. The molecule has 0 saturated carbocycles. The molecular weight excluding hydrogens is 284 g/mol. The molecule has 5 heteroatoms. The first kappa shape index (κ1) is 15.8. The number of hydrogen-bond acceptors (Lipinski definition) is 5. The van der Waals surface area contributed by atoms with E-state index >= 15 is 0 Å². The van der Waals surface area contributed by atoms with E-state index in [1.807, 2.05) is 13.8 Å². The summed E-state index contributed by atoms with van der Waals surface area (Å²) < 4.78 is 16.1. The molecule has 0 saturated heterocycles. The van der Waals surface area contributed by atoms with Gasteiger partial charge in [0.1, 0.15) is 5.58 Å². The van der Waals surface area contributed by atoms with Crippen molar-refractivity contribution in [3.63, 3.8) is 0 Å². The Morgan fingerprint density at radius 1 is 1.27 bits per heavy atom. The smallest absolute Gasteiger partial charge is 0.338 e. The number of ether oxygens (including phenoxy) is 2. The highest BCUT2D eigenvalue weighted by Crippen LogP contribution is 2.33. The Labute approximate surface area is 128 Å². The fourth-order valence-electron chi connectivity index (χ4n) is 1.71. The largest absolute Gasteiger partial charge is 0.489 e. The van der Waals surface area contributed by atoms with Crippen LogP contribution in [0.5, 0.6) is 11.5 Å². The van der Waals surface area contributed by atoms with Gasteiger partial charge in [0.25, 0.3) is 0 Å². The van der Waals surface area contributed by atoms with Gasteiger partial charge >= 0.3 is 11.6 Å². The first-order valence-corrected chi connectivity index (χ1v) is 6.95. The van der Waals surface area contributed by atoms with E-state index < -0.39 is 11.6 Å². The number of esters is 1. The van der Waals surface area contributed by atoms with E-state index in [4.69, 9.17) is 13.9 Å². The first-order valence-electron chi connectivity index (χ1n) is 6.95. The van der Waals surface area contributed by atoms with Gasteiger partial charge in [-0.25, -0.2) is 9.59 Å². The monoisotopic (exact) mass is 302 g/mol. The highest BCUT2D eigenvalue weighted by Gasteiger charge is 2.14. The number of benzene rings is 1. The van der Waals surface area contributed by atoms with Crippen LogP contribution in [-0.4, -0.2) is 12.6 Å². The Morgan fingerprint density at radius 3 is 2.64 bits per heavy atom. The zero-order valence-corrected chi connectivity index (χ0v) is 12.8. The van der Waals surface area contributed by atoms with E-state index in [0.717, 1.165) is 0 Å². The highest BCUT2D eigenvalue weighted by atomic mass is 16.6. The van der Waals surface area contributed by atoms with Gasteiger partial charge in [-0.2, -0.15) is 0 Å². The molecule has 0 atom stereocenters. The number of rotatable bonds is 5. The topological polar surface area (TPSA) is 65.7 Å². The van der Waals surface area contributed by atoms with Gasteiger partial charge in [0.2, 0.25) is 0 Å². The van der Waals surface area contributed by atoms with Gasteiger partial charge in [-0.05, 0) is 25.0 Å². The maximum atomic E-state index is 11.7. The minimum atomic E-state index is -0.563. The second-order valence-electron chi connectivity index (χ2n) is 5.47. The van der Waals surface area contributed by atoms with E-state index in [1.54, 1.807) is 19.1 Å². The maximum absolute atomic E-state index is 11.7. The SMILES string of the molecule is C=C(C)C(=O)Oc1cc2oc(=O)ccc2cc1OCC(C)C. The quantitative estimate of drug-likeness (QED) is 0.367. The van der Waals surface area contributed by atoms with Crippen molar-refractivity contribution >= 4 is 16.9 Å². The van der Waals surface area contributed by atoms with Crippen molar-refractivity contribution in [1.29, 1.82) is 0 Å². The first-order chi connectivity index (χ1) is 10.4. The van der Waals surface area contributed by atoms with Crippen LogP contribution < -0.4 is 15.1 Å². The molecule has 0 aliphatic carbocycles. The van der Waals surface area contributed by atoms with Crippen molar-refractivity contribution < 1.29 is 18.7 Å². The van der Waals surface area contributed by atoms with Crippen LogP contribution in [0.25, 0.3) is 11.0 Å². The Bertz CT molecular complexity index is 770. The van der Waals surface area contributed by atoms with Gasteiger partial charge in [0, 0.05) is 23.1 Å². The van der Waals surface area contributed by atoms with E-state index in [9.17, 15) is 9.59 Å². The maximum Gasteiger partial charge on any atom is 0.338 e. The molecule has 0 spiro atoms. The molecule has 0 bridgehead atoms. The lowest BCUT2D eigenvalue weighted by Gasteiger charge is -2.14. The fraction of sp³-hybridized carbons (Fsp3) is 0.294. The van der Waals surface area contributed by atoms with Crippen LogP contribution in [0.2, 0.25) is 0 Å². The molecular formula is C17H18O5. The molecule has 0 aliphatic rings. The summed E-state index contributed by atoms with van der Waals surface area (Å²) >= 11 is 0. The summed E-state index contributed by atoms with van der Waals surface area (Å²) in [5.74, 6) is 0.376. The van der Waals surface area contributed by atoms with Crippen molar-refractivity contribution in [2.75, 3.05) is 6.61 Å². The average molecular weight is 302 g/mol. The summed E-state index contributed by atoms with van der Waals surface area (Å²) in [5, 5.41) is 0.688. The summed E-state index contributed by atoms with van der Waals surface area (Å²) in [5.41, 5.74) is 0.124. The van der Waals surface area contributed by atoms with Crippen molar-refractivity contribution in [3.05, 3.63) is 46.8 Å². The Balaban J connectivity index is 2.47. The molecule has 1 heterocycles. The van der Waals surface area contributed by atoms with E-state index in [2.05, 4.69) is 6.58 Å². The summed E-state index contributed by atoms with van der Waals surface area (Å²) in [4.78, 5) is 23.0.